The number of benzene rings is 2. The fraction of sp³-hybridized carbons (Fsp3) is 0.238. The normalized spacial score (nSPS) is 15.2. The molecule has 0 amide bonds. The standard InChI is InChI=1S/C21H24N6/c22-18-20(23)24-15-25-21(18)27-13-11-26(12-14-27)19(16-7-3-1-4-8-16)17-9-5-2-6-10-17/h1-10,15,19H,11-14,22H2,(H2,23,24,25). The number of anilines is 3. The van der Waals surface area contributed by atoms with E-state index in [2.05, 4.69) is 80.4 Å². The summed E-state index contributed by atoms with van der Waals surface area (Å²) >= 11 is 0. The number of rotatable bonds is 4. The van der Waals surface area contributed by atoms with E-state index in [0.717, 1.165) is 32.0 Å². The van der Waals surface area contributed by atoms with Gasteiger partial charge in [0.05, 0.1) is 6.04 Å². The quantitative estimate of drug-likeness (QED) is 0.744. The topological polar surface area (TPSA) is 84.3 Å². The Morgan fingerprint density at radius 2 is 1.30 bits per heavy atom. The second-order valence-corrected chi connectivity index (χ2v) is 6.74. The first kappa shape index (κ1) is 17.3. The number of hydrogen-bond acceptors (Lipinski definition) is 6. The maximum atomic E-state index is 6.08. The lowest BCUT2D eigenvalue weighted by Gasteiger charge is -2.40. The van der Waals surface area contributed by atoms with E-state index in [-0.39, 0.29) is 6.04 Å². The molecule has 2 heterocycles. The number of nitrogens with zero attached hydrogens (tertiary/aromatic N) is 4. The molecule has 6 nitrogen and oxygen atoms in total. The second kappa shape index (κ2) is 7.63. The van der Waals surface area contributed by atoms with Gasteiger partial charge in [0.25, 0.3) is 0 Å². The fourth-order valence-corrected chi connectivity index (χ4v) is 3.73. The fourth-order valence-electron chi connectivity index (χ4n) is 3.73. The van der Waals surface area contributed by atoms with E-state index in [1.54, 1.807) is 0 Å². The first-order valence-corrected chi connectivity index (χ1v) is 9.19. The van der Waals surface area contributed by atoms with Gasteiger partial charge in [-0.15, -0.1) is 0 Å². The Hall–Kier alpha value is -3.12. The minimum Gasteiger partial charge on any atom is -0.393 e. The average Bonchev–Trinajstić information content (AvgIpc) is 2.73. The van der Waals surface area contributed by atoms with Crippen molar-refractivity contribution in [3.63, 3.8) is 0 Å². The van der Waals surface area contributed by atoms with E-state index >= 15 is 0 Å². The largest absolute Gasteiger partial charge is 0.393 e. The molecule has 0 radical (unpaired) electrons. The predicted octanol–water partition coefficient (Wildman–Crippen LogP) is 2.55. The zero-order valence-corrected chi connectivity index (χ0v) is 15.2. The third-order valence-corrected chi connectivity index (χ3v) is 5.10. The lowest BCUT2D eigenvalue weighted by atomic mass is 9.96. The summed E-state index contributed by atoms with van der Waals surface area (Å²) in [6, 6.07) is 21.6. The maximum Gasteiger partial charge on any atom is 0.157 e. The maximum absolute atomic E-state index is 6.08. The first-order valence-electron chi connectivity index (χ1n) is 9.19. The van der Waals surface area contributed by atoms with Crippen molar-refractivity contribution in [2.75, 3.05) is 42.5 Å². The monoisotopic (exact) mass is 360 g/mol. The molecule has 0 unspecified atom stereocenters. The van der Waals surface area contributed by atoms with Crippen molar-refractivity contribution >= 4 is 17.3 Å². The van der Waals surface area contributed by atoms with E-state index in [1.165, 1.54) is 17.5 Å². The molecule has 138 valence electrons. The van der Waals surface area contributed by atoms with E-state index < -0.39 is 0 Å². The van der Waals surface area contributed by atoms with Gasteiger partial charge in [-0.05, 0) is 11.1 Å². The van der Waals surface area contributed by atoms with Gasteiger partial charge in [0, 0.05) is 26.2 Å². The van der Waals surface area contributed by atoms with E-state index in [4.69, 9.17) is 11.5 Å². The molecule has 6 heteroatoms. The van der Waals surface area contributed by atoms with Crippen LogP contribution in [0.3, 0.4) is 0 Å². The molecule has 0 bridgehead atoms. The van der Waals surface area contributed by atoms with Crippen LogP contribution in [0.25, 0.3) is 0 Å². The summed E-state index contributed by atoms with van der Waals surface area (Å²) in [5, 5.41) is 0. The Balaban J connectivity index is 1.56. The minimum atomic E-state index is 0.238. The number of nitrogens with two attached hydrogens (primary N) is 2. The van der Waals surface area contributed by atoms with Crippen LogP contribution in [0.15, 0.2) is 67.0 Å². The summed E-state index contributed by atoms with van der Waals surface area (Å²) in [7, 11) is 0. The molecule has 3 aromatic rings. The van der Waals surface area contributed by atoms with Crippen LogP contribution in [0.2, 0.25) is 0 Å². The van der Waals surface area contributed by atoms with Crippen molar-refractivity contribution in [2.45, 2.75) is 6.04 Å². The Morgan fingerprint density at radius 1 is 0.741 bits per heavy atom. The van der Waals surface area contributed by atoms with Crippen molar-refractivity contribution in [1.29, 1.82) is 0 Å². The SMILES string of the molecule is Nc1ncnc(N2CCN(C(c3ccccc3)c3ccccc3)CC2)c1N. The number of nitrogen functional groups attached to an aromatic ring is 2. The minimum absolute atomic E-state index is 0.238. The zero-order chi connectivity index (χ0) is 18.6. The smallest absolute Gasteiger partial charge is 0.157 e. The average molecular weight is 360 g/mol. The van der Waals surface area contributed by atoms with E-state index in [0.29, 0.717) is 11.5 Å². The lowest BCUT2D eigenvalue weighted by Crippen LogP contribution is -2.48. The van der Waals surface area contributed by atoms with Gasteiger partial charge in [-0.25, -0.2) is 9.97 Å². The summed E-state index contributed by atoms with van der Waals surface area (Å²) in [4.78, 5) is 13.0. The molecule has 4 N–H and O–H groups in total. The van der Waals surface area contributed by atoms with Crippen LogP contribution in [-0.2, 0) is 0 Å². The molecule has 0 aliphatic carbocycles. The van der Waals surface area contributed by atoms with Crippen LogP contribution in [-0.4, -0.2) is 41.0 Å². The Morgan fingerprint density at radius 3 is 1.85 bits per heavy atom. The van der Waals surface area contributed by atoms with E-state index in [9.17, 15) is 0 Å². The summed E-state index contributed by atoms with van der Waals surface area (Å²) in [6.45, 7) is 3.52. The number of piperazine rings is 1. The van der Waals surface area contributed by atoms with Crippen LogP contribution in [0.1, 0.15) is 17.2 Å². The van der Waals surface area contributed by atoms with Gasteiger partial charge in [-0.3, -0.25) is 4.90 Å². The molecule has 2 aromatic carbocycles. The van der Waals surface area contributed by atoms with Crippen LogP contribution < -0.4 is 16.4 Å². The third kappa shape index (κ3) is 3.57. The second-order valence-electron chi connectivity index (χ2n) is 6.74. The Kier molecular flexibility index (Phi) is 4.89. The Bertz CT molecular complexity index is 836. The molecule has 27 heavy (non-hydrogen) atoms. The lowest BCUT2D eigenvalue weighted by molar-refractivity contribution is 0.212. The summed E-state index contributed by atoms with van der Waals surface area (Å²) in [5.74, 6) is 1.08. The van der Waals surface area contributed by atoms with Gasteiger partial charge in [0.2, 0.25) is 0 Å². The highest BCUT2D eigenvalue weighted by atomic mass is 15.3. The number of hydrogen-bond donors (Lipinski definition) is 2. The van der Waals surface area contributed by atoms with Crippen molar-refractivity contribution in [1.82, 2.24) is 14.9 Å². The van der Waals surface area contributed by atoms with Gasteiger partial charge >= 0.3 is 0 Å². The third-order valence-electron chi connectivity index (χ3n) is 5.10. The van der Waals surface area contributed by atoms with Crippen LogP contribution >= 0.6 is 0 Å². The van der Waals surface area contributed by atoms with Crippen molar-refractivity contribution < 1.29 is 0 Å². The van der Waals surface area contributed by atoms with Crippen molar-refractivity contribution in [2.24, 2.45) is 0 Å². The Labute approximate surface area is 159 Å². The number of aromatic nitrogens is 2. The summed E-state index contributed by atoms with van der Waals surface area (Å²) < 4.78 is 0. The first-order chi connectivity index (χ1) is 13.2. The molecule has 1 aromatic heterocycles. The molecule has 1 saturated heterocycles. The highest BCUT2D eigenvalue weighted by molar-refractivity contribution is 5.73. The van der Waals surface area contributed by atoms with Gasteiger partial charge < -0.3 is 16.4 Å². The van der Waals surface area contributed by atoms with Gasteiger partial charge in [-0.2, -0.15) is 0 Å². The molecule has 0 saturated carbocycles. The van der Waals surface area contributed by atoms with Crippen LogP contribution in [0.5, 0.6) is 0 Å². The van der Waals surface area contributed by atoms with Gasteiger partial charge in [-0.1, -0.05) is 60.7 Å². The zero-order valence-electron chi connectivity index (χ0n) is 15.2. The molecular formula is C21H24N6. The van der Waals surface area contributed by atoms with Crippen molar-refractivity contribution in [3.8, 4) is 0 Å². The highest BCUT2D eigenvalue weighted by Gasteiger charge is 2.27. The molecule has 0 spiro atoms. The van der Waals surface area contributed by atoms with Gasteiger partial charge in [0.15, 0.2) is 11.6 Å². The van der Waals surface area contributed by atoms with Crippen molar-refractivity contribution in [3.05, 3.63) is 78.1 Å². The molecule has 1 aliphatic heterocycles. The summed E-state index contributed by atoms with van der Waals surface area (Å²) in [5.41, 5.74) is 15.0. The molecule has 1 aliphatic rings. The van der Waals surface area contributed by atoms with Gasteiger partial charge in [0.1, 0.15) is 12.0 Å². The highest BCUT2D eigenvalue weighted by Crippen LogP contribution is 2.31. The molecule has 0 atom stereocenters. The van der Waals surface area contributed by atoms with Crippen LogP contribution in [0.4, 0.5) is 17.3 Å². The molecule has 4 rings (SSSR count). The summed E-state index contributed by atoms with van der Waals surface area (Å²) in [6.07, 6.45) is 1.48. The van der Waals surface area contributed by atoms with Crippen LogP contribution in [0, 0.1) is 0 Å². The molecular weight excluding hydrogens is 336 g/mol. The van der Waals surface area contributed by atoms with E-state index in [1.807, 2.05) is 0 Å². The predicted molar refractivity (Wildman–Crippen MR) is 109 cm³/mol. The molecule has 1 fully saturated rings.